The van der Waals surface area contributed by atoms with Crippen LogP contribution in [0.15, 0.2) is 24.3 Å². The third-order valence-corrected chi connectivity index (χ3v) is 5.62. The highest BCUT2D eigenvalue weighted by atomic mass is 35.5. The van der Waals surface area contributed by atoms with E-state index in [-0.39, 0.29) is 17.4 Å². The quantitative estimate of drug-likeness (QED) is 0.784. The third-order valence-electron chi connectivity index (χ3n) is 3.21. The first-order chi connectivity index (χ1) is 8.69. The van der Waals surface area contributed by atoms with Gasteiger partial charge in [0, 0.05) is 0 Å². The van der Waals surface area contributed by atoms with E-state index in [4.69, 9.17) is 11.6 Å². The minimum absolute atomic E-state index is 0.0554. The first-order valence-electron chi connectivity index (χ1n) is 5.71. The van der Waals surface area contributed by atoms with Crippen LogP contribution in [-0.4, -0.2) is 19.9 Å². The van der Waals surface area contributed by atoms with Crippen LogP contribution < -0.4 is 0 Å². The van der Waals surface area contributed by atoms with Crippen molar-refractivity contribution in [1.29, 1.82) is 0 Å². The number of benzene rings is 1. The largest absolute Gasteiger partial charge is 0.416 e. The molecule has 7 heteroatoms. The van der Waals surface area contributed by atoms with Gasteiger partial charge in [0.15, 0.2) is 9.84 Å². The Kier molecular flexibility index (Phi) is 3.84. The Morgan fingerprint density at radius 1 is 1.32 bits per heavy atom. The number of rotatable bonds is 2. The van der Waals surface area contributed by atoms with E-state index in [2.05, 4.69) is 0 Å². The Bertz CT molecular complexity index is 569. The van der Waals surface area contributed by atoms with Crippen LogP contribution in [0.3, 0.4) is 0 Å². The van der Waals surface area contributed by atoms with E-state index in [1.165, 1.54) is 12.1 Å². The Labute approximate surface area is 114 Å². The number of alkyl halides is 4. The van der Waals surface area contributed by atoms with Crippen molar-refractivity contribution in [2.75, 3.05) is 11.5 Å². The molecule has 1 fully saturated rings. The molecule has 1 heterocycles. The summed E-state index contributed by atoms with van der Waals surface area (Å²) in [6, 6.07) is 4.75. The molecule has 0 radical (unpaired) electrons. The highest BCUT2D eigenvalue weighted by Crippen LogP contribution is 2.38. The lowest BCUT2D eigenvalue weighted by molar-refractivity contribution is -0.137. The summed E-state index contributed by atoms with van der Waals surface area (Å²) < 4.78 is 60.5. The van der Waals surface area contributed by atoms with Crippen molar-refractivity contribution in [2.45, 2.75) is 18.0 Å². The maximum atomic E-state index is 12.6. The van der Waals surface area contributed by atoms with Crippen molar-refractivity contribution in [1.82, 2.24) is 0 Å². The molecule has 2 atom stereocenters. The SMILES string of the molecule is O=S1(=O)CCC(C(Cl)c2cccc(C(F)(F)F)c2)C1. The van der Waals surface area contributed by atoms with E-state index in [9.17, 15) is 21.6 Å². The lowest BCUT2D eigenvalue weighted by Gasteiger charge is -2.17. The monoisotopic (exact) mass is 312 g/mol. The number of halogens is 4. The summed E-state index contributed by atoms with van der Waals surface area (Å²) >= 11 is 6.13. The van der Waals surface area contributed by atoms with E-state index >= 15 is 0 Å². The van der Waals surface area contributed by atoms with Gasteiger partial charge in [-0.25, -0.2) is 8.42 Å². The van der Waals surface area contributed by atoms with Crippen LogP contribution in [0.25, 0.3) is 0 Å². The van der Waals surface area contributed by atoms with Crippen molar-refractivity contribution >= 4 is 21.4 Å². The van der Waals surface area contributed by atoms with Crippen molar-refractivity contribution in [3.8, 4) is 0 Å². The van der Waals surface area contributed by atoms with Gasteiger partial charge >= 0.3 is 6.18 Å². The molecular weight excluding hydrogens is 301 g/mol. The predicted octanol–water partition coefficient (Wildman–Crippen LogP) is 3.42. The fourth-order valence-electron chi connectivity index (χ4n) is 2.21. The second-order valence-electron chi connectivity index (χ2n) is 4.69. The summed E-state index contributed by atoms with van der Waals surface area (Å²) in [7, 11) is -3.09. The van der Waals surface area contributed by atoms with Gasteiger partial charge in [-0.3, -0.25) is 0 Å². The number of hydrogen-bond acceptors (Lipinski definition) is 2. The summed E-state index contributed by atoms with van der Waals surface area (Å²) in [4.78, 5) is 0. The fourth-order valence-corrected chi connectivity index (χ4v) is 4.51. The van der Waals surface area contributed by atoms with Crippen LogP contribution in [-0.2, 0) is 16.0 Å². The van der Waals surface area contributed by atoms with Gasteiger partial charge in [-0.2, -0.15) is 13.2 Å². The fraction of sp³-hybridized carbons (Fsp3) is 0.500. The average Bonchev–Trinajstić information content (AvgIpc) is 2.68. The third kappa shape index (κ3) is 3.42. The Balaban J connectivity index is 2.23. The van der Waals surface area contributed by atoms with Crippen LogP contribution in [0.1, 0.15) is 22.9 Å². The number of sulfone groups is 1. The molecule has 106 valence electrons. The van der Waals surface area contributed by atoms with E-state index in [0.29, 0.717) is 12.0 Å². The predicted molar refractivity (Wildman–Crippen MR) is 66.8 cm³/mol. The van der Waals surface area contributed by atoms with Gasteiger partial charge in [0.1, 0.15) is 0 Å². The highest BCUT2D eigenvalue weighted by Gasteiger charge is 2.35. The highest BCUT2D eigenvalue weighted by molar-refractivity contribution is 7.91. The van der Waals surface area contributed by atoms with Gasteiger partial charge in [-0.05, 0) is 24.0 Å². The first kappa shape index (κ1) is 14.7. The molecule has 2 rings (SSSR count). The number of hydrogen-bond donors (Lipinski definition) is 0. The molecule has 1 saturated heterocycles. The molecule has 1 aliphatic rings. The lowest BCUT2D eigenvalue weighted by atomic mass is 9.97. The Morgan fingerprint density at radius 2 is 2.00 bits per heavy atom. The van der Waals surface area contributed by atoms with E-state index in [1.807, 2.05) is 0 Å². The molecule has 1 aromatic rings. The summed E-state index contributed by atoms with van der Waals surface area (Å²) in [5.74, 6) is -0.327. The molecule has 0 saturated carbocycles. The van der Waals surface area contributed by atoms with Crippen LogP contribution in [0.5, 0.6) is 0 Å². The van der Waals surface area contributed by atoms with Crippen molar-refractivity contribution in [3.63, 3.8) is 0 Å². The van der Waals surface area contributed by atoms with E-state index < -0.39 is 27.0 Å². The lowest BCUT2D eigenvalue weighted by Crippen LogP contribution is -2.12. The molecule has 1 aromatic carbocycles. The first-order valence-corrected chi connectivity index (χ1v) is 7.96. The van der Waals surface area contributed by atoms with Gasteiger partial charge in [-0.1, -0.05) is 18.2 Å². The molecule has 0 bridgehead atoms. The van der Waals surface area contributed by atoms with Crippen molar-refractivity contribution in [2.24, 2.45) is 5.92 Å². The Hall–Kier alpha value is -0.750. The van der Waals surface area contributed by atoms with Gasteiger partial charge in [-0.15, -0.1) is 11.6 Å². The molecule has 0 spiro atoms. The Morgan fingerprint density at radius 3 is 2.53 bits per heavy atom. The van der Waals surface area contributed by atoms with E-state index in [0.717, 1.165) is 12.1 Å². The molecule has 0 amide bonds. The second-order valence-corrected chi connectivity index (χ2v) is 7.39. The van der Waals surface area contributed by atoms with Gasteiger partial charge in [0.05, 0.1) is 22.4 Å². The van der Waals surface area contributed by atoms with Gasteiger partial charge in [0.2, 0.25) is 0 Å². The molecule has 0 aromatic heterocycles. The zero-order valence-electron chi connectivity index (χ0n) is 9.82. The standard InChI is InChI=1S/C12H12ClF3O2S/c13-11(9-4-5-19(17,18)7-9)8-2-1-3-10(6-8)12(14,15)16/h1-3,6,9,11H,4-5,7H2. The topological polar surface area (TPSA) is 34.1 Å². The van der Waals surface area contributed by atoms with Crippen LogP contribution in [0, 0.1) is 5.92 Å². The zero-order valence-corrected chi connectivity index (χ0v) is 11.4. The van der Waals surface area contributed by atoms with Crippen molar-refractivity contribution < 1.29 is 21.6 Å². The average molecular weight is 313 g/mol. The summed E-state index contributed by atoms with van der Waals surface area (Å²) in [5, 5.41) is -0.709. The smallest absolute Gasteiger partial charge is 0.229 e. The molecule has 19 heavy (non-hydrogen) atoms. The van der Waals surface area contributed by atoms with Crippen LogP contribution >= 0.6 is 11.6 Å². The van der Waals surface area contributed by atoms with Crippen LogP contribution in [0.2, 0.25) is 0 Å². The zero-order chi connectivity index (χ0) is 14.3. The molecule has 2 unspecified atom stereocenters. The summed E-state index contributed by atoms with van der Waals surface area (Å²) in [5.41, 5.74) is -0.449. The van der Waals surface area contributed by atoms with Gasteiger partial charge < -0.3 is 0 Å². The molecule has 0 aliphatic carbocycles. The molecule has 0 N–H and O–H groups in total. The normalized spacial score (nSPS) is 24.3. The second kappa shape index (κ2) is 4.98. The summed E-state index contributed by atoms with van der Waals surface area (Å²) in [6.45, 7) is 0. The maximum Gasteiger partial charge on any atom is 0.416 e. The van der Waals surface area contributed by atoms with E-state index in [1.54, 1.807) is 0 Å². The minimum atomic E-state index is -4.42. The maximum absolute atomic E-state index is 12.6. The summed E-state index contributed by atoms with van der Waals surface area (Å²) in [6.07, 6.45) is -4.03. The minimum Gasteiger partial charge on any atom is -0.229 e. The van der Waals surface area contributed by atoms with Crippen LogP contribution in [0.4, 0.5) is 13.2 Å². The molecule has 1 aliphatic heterocycles. The van der Waals surface area contributed by atoms with Gasteiger partial charge in [0.25, 0.3) is 0 Å². The van der Waals surface area contributed by atoms with Crippen molar-refractivity contribution in [3.05, 3.63) is 35.4 Å². The molecule has 2 nitrogen and oxygen atoms in total. The molecular formula is C12H12ClF3O2S.